The first-order valence-corrected chi connectivity index (χ1v) is 6.25. The second kappa shape index (κ2) is 7.71. The van der Waals surface area contributed by atoms with Gasteiger partial charge < -0.3 is 15.4 Å². The number of nitrogens with one attached hydrogen (secondary N) is 2. The minimum atomic E-state index is -0.125. The zero-order valence-corrected chi connectivity index (χ0v) is 11.3. The molecule has 0 fully saturated rings. The van der Waals surface area contributed by atoms with Gasteiger partial charge in [0.2, 0.25) is 0 Å². The van der Waals surface area contributed by atoms with E-state index in [0.717, 1.165) is 24.4 Å². The number of ether oxygens (including phenoxy) is 1. The molecule has 18 heavy (non-hydrogen) atoms. The van der Waals surface area contributed by atoms with Gasteiger partial charge in [-0.05, 0) is 18.5 Å². The number of likely N-dealkylation sites (N-methyl/N-ethyl adjacent to an activating group) is 1. The van der Waals surface area contributed by atoms with Crippen molar-refractivity contribution in [3.05, 3.63) is 29.8 Å². The summed E-state index contributed by atoms with van der Waals surface area (Å²) in [4.78, 5) is 11.1. The van der Waals surface area contributed by atoms with Gasteiger partial charge in [-0.25, -0.2) is 0 Å². The van der Waals surface area contributed by atoms with Crippen molar-refractivity contribution in [2.75, 3.05) is 20.2 Å². The monoisotopic (exact) mass is 250 g/mol. The summed E-state index contributed by atoms with van der Waals surface area (Å²) < 4.78 is 5.50. The third-order valence-corrected chi connectivity index (χ3v) is 2.48. The maximum Gasteiger partial charge on any atom is 0.257 e. The molecule has 0 radical (unpaired) electrons. The van der Waals surface area contributed by atoms with E-state index in [1.807, 2.05) is 24.3 Å². The first kappa shape index (κ1) is 14.5. The Bertz CT molecular complexity index is 378. The summed E-state index contributed by atoms with van der Waals surface area (Å²) in [5, 5.41) is 5.90. The molecule has 0 heterocycles. The van der Waals surface area contributed by atoms with Crippen LogP contribution in [0.25, 0.3) is 0 Å². The van der Waals surface area contributed by atoms with Gasteiger partial charge in [0.15, 0.2) is 6.61 Å². The van der Waals surface area contributed by atoms with Crippen molar-refractivity contribution in [3.8, 4) is 5.75 Å². The SMILES string of the molecule is CNC(=O)COc1ccccc1CNCC(C)C. The van der Waals surface area contributed by atoms with E-state index in [-0.39, 0.29) is 12.5 Å². The largest absolute Gasteiger partial charge is 0.483 e. The number of rotatable bonds is 7. The van der Waals surface area contributed by atoms with E-state index in [4.69, 9.17) is 4.74 Å². The molecule has 0 spiro atoms. The van der Waals surface area contributed by atoms with Crippen LogP contribution in [0, 0.1) is 5.92 Å². The Morgan fingerprint density at radius 2 is 2.06 bits per heavy atom. The van der Waals surface area contributed by atoms with Crippen LogP contribution in [0.2, 0.25) is 0 Å². The molecule has 0 saturated carbocycles. The zero-order valence-electron chi connectivity index (χ0n) is 11.3. The first-order chi connectivity index (χ1) is 8.63. The molecule has 0 aliphatic rings. The molecule has 0 aliphatic heterocycles. The third-order valence-electron chi connectivity index (χ3n) is 2.48. The molecular formula is C14H22N2O2. The molecule has 0 bridgehead atoms. The summed E-state index contributed by atoms with van der Waals surface area (Å²) >= 11 is 0. The van der Waals surface area contributed by atoms with Crippen LogP contribution in [-0.4, -0.2) is 26.1 Å². The molecule has 0 aliphatic carbocycles. The number of amides is 1. The number of carbonyl (C=O) groups excluding carboxylic acids is 1. The summed E-state index contributed by atoms with van der Waals surface area (Å²) in [7, 11) is 1.60. The summed E-state index contributed by atoms with van der Waals surface area (Å²) in [6, 6.07) is 7.77. The lowest BCUT2D eigenvalue weighted by Gasteiger charge is -2.12. The van der Waals surface area contributed by atoms with Gasteiger partial charge >= 0.3 is 0 Å². The Kier molecular flexibility index (Phi) is 6.22. The number of benzene rings is 1. The highest BCUT2D eigenvalue weighted by Gasteiger charge is 2.05. The van der Waals surface area contributed by atoms with Gasteiger partial charge in [0.25, 0.3) is 5.91 Å². The van der Waals surface area contributed by atoms with Crippen molar-refractivity contribution in [1.29, 1.82) is 0 Å². The molecule has 100 valence electrons. The number of hydrogen-bond donors (Lipinski definition) is 2. The number of para-hydroxylation sites is 1. The molecule has 0 unspecified atom stereocenters. The minimum Gasteiger partial charge on any atom is -0.483 e. The van der Waals surface area contributed by atoms with Crippen molar-refractivity contribution in [3.63, 3.8) is 0 Å². The fourth-order valence-corrected chi connectivity index (χ4v) is 1.50. The maximum atomic E-state index is 11.1. The molecule has 0 atom stereocenters. The van der Waals surface area contributed by atoms with E-state index in [0.29, 0.717) is 5.92 Å². The average molecular weight is 250 g/mol. The molecule has 0 aromatic heterocycles. The Morgan fingerprint density at radius 1 is 1.33 bits per heavy atom. The van der Waals surface area contributed by atoms with Crippen molar-refractivity contribution < 1.29 is 9.53 Å². The highest BCUT2D eigenvalue weighted by molar-refractivity contribution is 5.77. The van der Waals surface area contributed by atoms with Gasteiger partial charge in [0, 0.05) is 19.2 Å². The fourth-order valence-electron chi connectivity index (χ4n) is 1.50. The lowest BCUT2D eigenvalue weighted by Crippen LogP contribution is -2.25. The van der Waals surface area contributed by atoms with Gasteiger partial charge in [-0.3, -0.25) is 4.79 Å². The van der Waals surface area contributed by atoms with Gasteiger partial charge in [-0.1, -0.05) is 32.0 Å². The molecule has 2 N–H and O–H groups in total. The summed E-state index contributed by atoms with van der Waals surface area (Å²) in [6.45, 7) is 6.10. The highest BCUT2D eigenvalue weighted by atomic mass is 16.5. The quantitative estimate of drug-likeness (QED) is 0.772. The molecule has 1 amide bonds. The van der Waals surface area contributed by atoms with Crippen LogP contribution in [-0.2, 0) is 11.3 Å². The van der Waals surface area contributed by atoms with Crippen LogP contribution in [0.1, 0.15) is 19.4 Å². The van der Waals surface area contributed by atoms with Crippen LogP contribution < -0.4 is 15.4 Å². The number of hydrogen-bond acceptors (Lipinski definition) is 3. The van der Waals surface area contributed by atoms with E-state index in [2.05, 4.69) is 24.5 Å². The first-order valence-electron chi connectivity index (χ1n) is 6.25. The molecular weight excluding hydrogens is 228 g/mol. The van der Waals surface area contributed by atoms with Crippen LogP contribution >= 0.6 is 0 Å². The minimum absolute atomic E-state index is 0.0533. The van der Waals surface area contributed by atoms with Crippen molar-refractivity contribution in [2.24, 2.45) is 5.92 Å². The molecule has 0 saturated heterocycles. The molecule has 1 rings (SSSR count). The second-order valence-electron chi connectivity index (χ2n) is 4.59. The predicted octanol–water partition coefficient (Wildman–Crippen LogP) is 1.56. The summed E-state index contributed by atoms with van der Waals surface area (Å²) in [6.07, 6.45) is 0. The molecule has 4 nitrogen and oxygen atoms in total. The Hall–Kier alpha value is -1.55. The van der Waals surface area contributed by atoms with E-state index < -0.39 is 0 Å². The predicted molar refractivity (Wildman–Crippen MR) is 72.5 cm³/mol. The lowest BCUT2D eigenvalue weighted by atomic mass is 10.2. The van der Waals surface area contributed by atoms with Gasteiger partial charge in [0.1, 0.15) is 5.75 Å². The van der Waals surface area contributed by atoms with Crippen molar-refractivity contribution in [1.82, 2.24) is 10.6 Å². The normalized spacial score (nSPS) is 10.4. The average Bonchev–Trinajstić information content (AvgIpc) is 2.36. The lowest BCUT2D eigenvalue weighted by molar-refractivity contribution is -0.122. The maximum absolute atomic E-state index is 11.1. The molecule has 1 aromatic rings. The Morgan fingerprint density at radius 3 is 2.72 bits per heavy atom. The molecule has 1 aromatic carbocycles. The van der Waals surface area contributed by atoms with Crippen LogP contribution in [0.3, 0.4) is 0 Å². The smallest absolute Gasteiger partial charge is 0.257 e. The van der Waals surface area contributed by atoms with Gasteiger partial charge in [-0.15, -0.1) is 0 Å². The van der Waals surface area contributed by atoms with Crippen molar-refractivity contribution in [2.45, 2.75) is 20.4 Å². The zero-order chi connectivity index (χ0) is 13.4. The third kappa shape index (κ3) is 5.19. The van der Waals surface area contributed by atoms with Crippen LogP contribution in [0.5, 0.6) is 5.75 Å². The highest BCUT2D eigenvalue weighted by Crippen LogP contribution is 2.17. The van der Waals surface area contributed by atoms with E-state index in [1.54, 1.807) is 7.05 Å². The Labute approximate surface area is 109 Å². The van der Waals surface area contributed by atoms with Crippen LogP contribution in [0.15, 0.2) is 24.3 Å². The summed E-state index contributed by atoms with van der Waals surface area (Å²) in [5.41, 5.74) is 1.07. The fraction of sp³-hybridized carbons (Fsp3) is 0.500. The topological polar surface area (TPSA) is 50.4 Å². The van der Waals surface area contributed by atoms with E-state index in [9.17, 15) is 4.79 Å². The Balaban J connectivity index is 2.53. The number of carbonyl (C=O) groups is 1. The summed E-state index contributed by atoms with van der Waals surface area (Å²) in [5.74, 6) is 1.25. The molecule has 4 heteroatoms. The van der Waals surface area contributed by atoms with Crippen LogP contribution in [0.4, 0.5) is 0 Å². The standard InChI is InChI=1S/C14H22N2O2/c1-11(2)8-16-9-12-6-4-5-7-13(12)18-10-14(17)15-3/h4-7,11,16H,8-10H2,1-3H3,(H,15,17). The van der Waals surface area contributed by atoms with Gasteiger partial charge in [-0.2, -0.15) is 0 Å². The van der Waals surface area contributed by atoms with E-state index in [1.165, 1.54) is 0 Å². The van der Waals surface area contributed by atoms with Crippen molar-refractivity contribution >= 4 is 5.91 Å². The van der Waals surface area contributed by atoms with E-state index >= 15 is 0 Å². The van der Waals surface area contributed by atoms with Gasteiger partial charge in [0.05, 0.1) is 0 Å². The second-order valence-corrected chi connectivity index (χ2v) is 4.59.